The van der Waals surface area contributed by atoms with E-state index >= 15 is 0 Å². The second-order valence-corrected chi connectivity index (χ2v) is 5.76. The number of carbonyl (C=O) groups excluding carboxylic acids is 1. The normalized spacial score (nSPS) is 12.8. The third-order valence-electron chi connectivity index (χ3n) is 4.27. The standard InChI is InChI=1S/C21H12N2O2/c22-13-14-6-11-18-19(12-14)23(25)20(21(18)24)17-9-7-16(8-10-17)15-4-2-1-3-5-15/h1-12H. The molecule has 25 heavy (non-hydrogen) atoms. The Labute approximate surface area is 144 Å². The molecule has 1 aliphatic rings. The highest BCUT2D eigenvalue weighted by Crippen LogP contribution is 2.29. The molecule has 0 saturated heterocycles. The molecule has 4 nitrogen and oxygen atoms in total. The van der Waals surface area contributed by atoms with Gasteiger partial charge in [-0.1, -0.05) is 42.5 Å². The minimum atomic E-state index is -0.318. The van der Waals surface area contributed by atoms with E-state index in [0.29, 0.717) is 21.4 Å². The number of hydrogen-bond acceptors (Lipinski definition) is 3. The van der Waals surface area contributed by atoms with Gasteiger partial charge in [0.25, 0.3) is 11.5 Å². The SMILES string of the molecule is N#Cc1ccc2c(c1)[N+]([O-])=C(c1ccc(-c3ccccc3)cc1)C2=O. The molecule has 4 heteroatoms. The van der Waals surface area contributed by atoms with Crippen LogP contribution in [0.3, 0.4) is 0 Å². The first-order valence-corrected chi connectivity index (χ1v) is 7.78. The molecule has 0 N–H and O–H groups in total. The second-order valence-electron chi connectivity index (χ2n) is 5.76. The monoisotopic (exact) mass is 324 g/mol. The zero-order valence-corrected chi connectivity index (χ0v) is 13.1. The van der Waals surface area contributed by atoms with Crippen LogP contribution in [-0.4, -0.2) is 16.2 Å². The first-order valence-electron chi connectivity index (χ1n) is 7.78. The first kappa shape index (κ1) is 14.9. The van der Waals surface area contributed by atoms with Crippen molar-refractivity contribution in [3.05, 3.63) is 94.7 Å². The number of rotatable bonds is 2. The van der Waals surface area contributed by atoms with E-state index in [1.54, 1.807) is 18.2 Å². The van der Waals surface area contributed by atoms with Gasteiger partial charge in [-0.15, -0.1) is 0 Å². The number of fused-ring (bicyclic) bond motifs is 1. The van der Waals surface area contributed by atoms with Gasteiger partial charge in [0.05, 0.1) is 17.2 Å². The molecule has 1 heterocycles. The van der Waals surface area contributed by atoms with Crippen LogP contribution in [0, 0.1) is 16.5 Å². The van der Waals surface area contributed by atoms with Gasteiger partial charge in [0, 0.05) is 6.07 Å². The Bertz CT molecular complexity index is 1060. The lowest BCUT2D eigenvalue weighted by molar-refractivity contribution is -0.355. The van der Waals surface area contributed by atoms with Crippen molar-refractivity contribution in [3.8, 4) is 17.2 Å². The van der Waals surface area contributed by atoms with Gasteiger partial charge in [-0.05, 0) is 35.4 Å². The van der Waals surface area contributed by atoms with Gasteiger partial charge in [0.15, 0.2) is 0 Å². The fourth-order valence-electron chi connectivity index (χ4n) is 3.00. The predicted octanol–water partition coefficient (Wildman–Crippen LogP) is 4.05. The van der Waals surface area contributed by atoms with Crippen molar-refractivity contribution in [2.75, 3.05) is 0 Å². The molecule has 118 valence electrons. The molecule has 0 spiro atoms. The summed E-state index contributed by atoms with van der Waals surface area (Å²) in [6, 6.07) is 23.7. The lowest BCUT2D eigenvalue weighted by atomic mass is 9.99. The number of ketones is 1. The summed E-state index contributed by atoms with van der Waals surface area (Å²) in [5.74, 6) is -0.318. The molecular weight excluding hydrogens is 312 g/mol. The number of carbonyl (C=O) groups is 1. The Balaban J connectivity index is 1.76. The lowest BCUT2D eigenvalue weighted by Crippen LogP contribution is -2.16. The van der Waals surface area contributed by atoms with Crippen LogP contribution >= 0.6 is 0 Å². The molecule has 0 saturated carbocycles. The van der Waals surface area contributed by atoms with Crippen molar-refractivity contribution < 1.29 is 9.53 Å². The van der Waals surface area contributed by atoms with Crippen molar-refractivity contribution in [2.45, 2.75) is 0 Å². The summed E-state index contributed by atoms with van der Waals surface area (Å²) < 4.78 is 0.621. The molecule has 0 aromatic heterocycles. The van der Waals surface area contributed by atoms with Gasteiger partial charge in [-0.25, -0.2) is 0 Å². The van der Waals surface area contributed by atoms with Crippen molar-refractivity contribution in [1.82, 2.24) is 0 Å². The van der Waals surface area contributed by atoms with Gasteiger partial charge in [0.1, 0.15) is 5.56 Å². The molecule has 4 rings (SSSR count). The molecule has 3 aromatic rings. The highest BCUT2D eigenvalue weighted by atomic mass is 16.5. The van der Waals surface area contributed by atoms with Gasteiger partial charge < -0.3 is 5.21 Å². The average molecular weight is 324 g/mol. The van der Waals surface area contributed by atoms with E-state index in [-0.39, 0.29) is 17.2 Å². The number of benzene rings is 3. The molecule has 0 aliphatic carbocycles. The third kappa shape index (κ3) is 2.39. The van der Waals surface area contributed by atoms with Crippen LogP contribution in [0.15, 0.2) is 72.8 Å². The van der Waals surface area contributed by atoms with Crippen molar-refractivity contribution in [2.24, 2.45) is 0 Å². The quantitative estimate of drug-likeness (QED) is 0.527. The highest BCUT2D eigenvalue weighted by Gasteiger charge is 2.36. The third-order valence-corrected chi connectivity index (χ3v) is 4.27. The van der Waals surface area contributed by atoms with E-state index in [4.69, 9.17) is 5.26 Å². The molecule has 3 aromatic carbocycles. The van der Waals surface area contributed by atoms with Crippen LogP contribution in [0.1, 0.15) is 21.5 Å². The van der Waals surface area contributed by atoms with E-state index in [9.17, 15) is 10.0 Å². The van der Waals surface area contributed by atoms with Gasteiger partial charge >= 0.3 is 0 Å². The van der Waals surface area contributed by atoms with Crippen LogP contribution in [0.25, 0.3) is 11.1 Å². The summed E-state index contributed by atoms with van der Waals surface area (Å²) in [5.41, 5.74) is 3.64. The Morgan fingerprint density at radius 2 is 1.48 bits per heavy atom. The first-order chi connectivity index (χ1) is 12.2. The Kier molecular flexibility index (Phi) is 3.41. The van der Waals surface area contributed by atoms with E-state index in [1.165, 1.54) is 12.1 Å². The average Bonchev–Trinajstić information content (AvgIpc) is 2.92. The number of nitriles is 1. The lowest BCUT2D eigenvalue weighted by Gasteiger charge is -2.04. The van der Waals surface area contributed by atoms with E-state index in [0.717, 1.165) is 11.1 Å². The van der Waals surface area contributed by atoms with Crippen LogP contribution in [-0.2, 0) is 0 Å². The minimum absolute atomic E-state index is 0.0877. The Hall–Kier alpha value is -3.71. The van der Waals surface area contributed by atoms with Gasteiger partial charge in [-0.2, -0.15) is 10.0 Å². The maximum atomic E-state index is 12.6. The number of hydrogen-bond donors (Lipinski definition) is 0. The zero-order valence-electron chi connectivity index (χ0n) is 13.1. The fraction of sp³-hybridized carbons (Fsp3) is 0. The Morgan fingerprint density at radius 3 is 2.16 bits per heavy atom. The van der Waals surface area contributed by atoms with Gasteiger partial charge in [-0.3, -0.25) is 4.79 Å². The van der Waals surface area contributed by atoms with Crippen LogP contribution in [0.5, 0.6) is 0 Å². The summed E-state index contributed by atoms with van der Waals surface area (Å²) in [5, 5.41) is 21.6. The number of nitrogens with zero attached hydrogens (tertiary/aromatic N) is 2. The molecule has 1 aliphatic heterocycles. The predicted molar refractivity (Wildman–Crippen MR) is 94.8 cm³/mol. The summed E-state index contributed by atoms with van der Waals surface area (Å²) in [6.45, 7) is 0. The molecule has 0 radical (unpaired) electrons. The van der Waals surface area contributed by atoms with E-state index in [2.05, 4.69) is 0 Å². The van der Waals surface area contributed by atoms with Gasteiger partial charge in [0.2, 0.25) is 5.69 Å². The molecular formula is C21H12N2O2. The summed E-state index contributed by atoms with van der Waals surface area (Å²) in [6.07, 6.45) is 0. The smallest absolute Gasteiger partial charge is 0.272 e. The van der Waals surface area contributed by atoms with E-state index in [1.807, 2.05) is 48.5 Å². The van der Waals surface area contributed by atoms with Crippen LogP contribution < -0.4 is 0 Å². The summed E-state index contributed by atoms with van der Waals surface area (Å²) >= 11 is 0. The summed E-state index contributed by atoms with van der Waals surface area (Å²) in [4.78, 5) is 12.6. The number of Topliss-reactive ketones (excluding diaryl/α,β-unsaturated/α-hetero) is 1. The van der Waals surface area contributed by atoms with E-state index < -0.39 is 0 Å². The Morgan fingerprint density at radius 1 is 0.840 bits per heavy atom. The van der Waals surface area contributed by atoms with Crippen molar-refractivity contribution in [1.29, 1.82) is 5.26 Å². The van der Waals surface area contributed by atoms with Crippen molar-refractivity contribution >= 4 is 17.2 Å². The molecule has 0 bridgehead atoms. The largest absolute Gasteiger partial charge is 0.618 e. The minimum Gasteiger partial charge on any atom is -0.618 e. The van der Waals surface area contributed by atoms with Crippen LogP contribution in [0.2, 0.25) is 0 Å². The highest BCUT2D eigenvalue weighted by molar-refractivity contribution is 6.52. The maximum absolute atomic E-state index is 12.6. The molecule has 0 unspecified atom stereocenters. The molecule has 0 amide bonds. The second kappa shape index (κ2) is 5.73. The topological polar surface area (TPSA) is 66.9 Å². The molecule has 0 fully saturated rings. The maximum Gasteiger partial charge on any atom is 0.272 e. The molecule has 0 atom stereocenters. The van der Waals surface area contributed by atoms with Crippen molar-refractivity contribution in [3.63, 3.8) is 0 Å². The van der Waals surface area contributed by atoms with Crippen LogP contribution in [0.4, 0.5) is 5.69 Å². The zero-order chi connectivity index (χ0) is 17.4. The fourth-order valence-corrected chi connectivity index (χ4v) is 3.00. The summed E-state index contributed by atoms with van der Waals surface area (Å²) in [7, 11) is 0.